The molecule has 2 N–H and O–H groups in total. The largest absolute Gasteiger partial charge is 0.493 e. The van der Waals surface area contributed by atoms with Crippen LogP contribution in [0.2, 0.25) is 0 Å². The minimum Gasteiger partial charge on any atom is -0.493 e. The van der Waals surface area contributed by atoms with E-state index < -0.39 is 6.09 Å². The van der Waals surface area contributed by atoms with Crippen molar-refractivity contribution in [2.75, 3.05) is 14.2 Å². The van der Waals surface area contributed by atoms with Crippen molar-refractivity contribution < 1.29 is 19.4 Å². The summed E-state index contributed by atoms with van der Waals surface area (Å²) >= 11 is 0. The average molecular weight is 355 g/mol. The molecule has 1 atom stereocenters. The van der Waals surface area contributed by atoms with Crippen LogP contribution in [-0.2, 0) is 6.42 Å². The summed E-state index contributed by atoms with van der Waals surface area (Å²) < 4.78 is 11.0. The Morgan fingerprint density at radius 2 is 1.96 bits per heavy atom. The molecule has 0 fully saturated rings. The zero-order chi connectivity index (χ0) is 18.9. The number of aryl methyl sites for hydroxylation is 1. The van der Waals surface area contributed by atoms with Gasteiger partial charge in [0.25, 0.3) is 0 Å². The molecule has 2 aromatic rings. The number of carboxylic acid groups (broad SMARTS) is 1. The minimum absolute atomic E-state index is 0.124. The Balaban J connectivity index is 2.07. The number of rotatable bonds is 4. The molecular formula is C21H25NO4. The molecule has 0 saturated heterocycles. The fourth-order valence-corrected chi connectivity index (χ4v) is 3.80. The monoisotopic (exact) mass is 355 g/mol. The first-order valence-electron chi connectivity index (χ1n) is 8.71. The summed E-state index contributed by atoms with van der Waals surface area (Å²) in [4.78, 5) is 11.3. The van der Waals surface area contributed by atoms with Crippen molar-refractivity contribution in [1.29, 1.82) is 0 Å². The van der Waals surface area contributed by atoms with E-state index in [2.05, 4.69) is 25.2 Å². The summed E-state index contributed by atoms with van der Waals surface area (Å²) in [5.74, 6) is 1.39. The molecule has 1 amide bonds. The SMILES string of the molecule is COc1cccc(-c2ccc3c(c2)CCC(C)(C)C3NC(=O)O)c1OC. The van der Waals surface area contributed by atoms with Gasteiger partial charge in [-0.05, 0) is 41.0 Å². The minimum atomic E-state index is -0.991. The maximum absolute atomic E-state index is 11.3. The van der Waals surface area contributed by atoms with Gasteiger partial charge in [-0.2, -0.15) is 0 Å². The quantitative estimate of drug-likeness (QED) is 0.837. The van der Waals surface area contributed by atoms with E-state index in [1.54, 1.807) is 14.2 Å². The highest BCUT2D eigenvalue weighted by Gasteiger charge is 2.37. The Kier molecular flexibility index (Phi) is 4.81. The first-order chi connectivity index (χ1) is 12.4. The number of methoxy groups -OCH3 is 2. The van der Waals surface area contributed by atoms with Crippen LogP contribution >= 0.6 is 0 Å². The molecule has 0 bridgehead atoms. The van der Waals surface area contributed by atoms with Crippen LogP contribution in [0.4, 0.5) is 4.79 Å². The fourth-order valence-electron chi connectivity index (χ4n) is 3.80. The maximum atomic E-state index is 11.3. The van der Waals surface area contributed by atoms with Crippen LogP contribution in [0, 0.1) is 5.41 Å². The lowest BCUT2D eigenvalue weighted by molar-refractivity contribution is 0.161. The number of carbonyl (C=O) groups is 1. The van der Waals surface area contributed by atoms with Crippen LogP contribution in [0.15, 0.2) is 36.4 Å². The fraction of sp³-hybridized carbons (Fsp3) is 0.381. The van der Waals surface area contributed by atoms with E-state index in [0.717, 1.165) is 29.5 Å². The van der Waals surface area contributed by atoms with Crippen molar-refractivity contribution in [3.8, 4) is 22.6 Å². The van der Waals surface area contributed by atoms with Crippen molar-refractivity contribution in [2.24, 2.45) is 5.41 Å². The van der Waals surface area contributed by atoms with Gasteiger partial charge in [-0.15, -0.1) is 0 Å². The van der Waals surface area contributed by atoms with E-state index in [1.165, 1.54) is 5.56 Å². The summed E-state index contributed by atoms with van der Waals surface area (Å²) in [5, 5.41) is 11.9. The van der Waals surface area contributed by atoms with Crippen LogP contribution in [0.1, 0.15) is 37.4 Å². The van der Waals surface area contributed by atoms with Crippen molar-refractivity contribution in [3.63, 3.8) is 0 Å². The number of hydrogen-bond acceptors (Lipinski definition) is 3. The molecule has 0 spiro atoms. The summed E-state index contributed by atoms with van der Waals surface area (Å²) in [6.45, 7) is 4.21. The Labute approximate surface area is 153 Å². The summed E-state index contributed by atoms with van der Waals surface area (Å²) in [7, 11) is 3.26. The van der Waals surface area contributed by atoms with Crippen LogP contribution in [0.25, 0.3) is 11.1 Å². The first kappa shape index (κ1) is 18.1. The lowest BCUT2D eigenvalue weighted by atomic mass is 9.70. The molecule has 5 nitrogen and oxygen atoms in total. The molecule has 1 aliphatic carbocycles. The lowest BCUT2D eigenvalue weighted by Gasteiger charge is -2.40. The maximum Gasteiger partial charge on any atom is 0.405 e. The molecule has 1 aliphatic rings. The zero-order valence-corrected chi connectivity index (χ0v) is 15.6. The molecule has 3 rings (SSSR count). The third kappa shape index (κ3) is 3.21. The second-order valence-electron chi connectivity index (χ2n) is 7.33. The summed E-state index contributed by atoms with van der Waals surface area (Å²) in [5.41, 5.74) is 4.09. The van der Waals surface area contributed by atoms with Crippen LogP contribution in [0.5, 0.6) is 11.5 Å². The van der Waals surface area contributed by atoms with Gasteiger partial charge in [-0.1, -0.05) is 44.2 Å². The molecule has 2 aromatic carbocycles. The zero-order valence-electron chi connectivity index (χ0n) is 15.6. The van der Waals surface area contributed by atoms with E-state index in [9.17, 15) is 9.90 Å². The molecule has 26 heavy (non-hydrogen) atoms. The Bertz CT molecular complexity index is 829. The standard InChI is InChI=1S/C21H25NO4/c1-21(2)11-10-14-12-13(8-9-16(14)19(21)22-20(23)24)15-6-5-7-17(25-3)18(15)26-4/h5-9,12,19,22H,10-11H2,1-4H3,(H,23,24). The second kappa shape index (κ2) is 6.90. The van der Waals surface area contributed by atoms with Crippen LogP contribution in [0.3, 0.4) is 0 Å². The molecule has 0 saturated carbocycles. The molecule has 0 heterocycles. The number of nitrogens with one attached hydrogen (secondary N) is 1. The Hall–Kier alpha value is -2.69. The van der Waals surface area contributed by atoms with Crippen molar-refractivity contribution in [1.82, 2.24) is 5.32 Å². The van der Waals surface area contributed by atoms with Gasteiger partial charge in [0.1, 0.15) is 0 Å². The Morgan fingerprint density at radius 3 is 2.62 bits per heavy atom. The molecule has 138 valence electrons. The summed E-state index contributed by atoms with van der Waals surface area (Å²) in [6, 6.07) is 11.8. The second-order valence-corrected chi connectivity index (χ2v) is 7.33. The molecule has 0 aromatic heterocycles. The predicted molar refractivity (Wildman–Crippen MR) is 101 cm³/mol. The molecule has 0 radical (unpaired) electrons. The molecule has 5 heteroatoms. The van der Waals surface area contributed by atoms with Gasteiger partial charge in [0.15, 0.2) is 11.5 Å². The highest BCUT2D eigenvalue weighted by molar-refractivity contribution is 5.75. The number of benzene rings is 2. The van der Waals surface area contributed by atoms with Gasteiger partial charge in [-0.3, -0.25) is 0 Å². The van der Waals surface area contributed by atoms with Gasteiger partial charge in [-0.25, -0.2) is 4.79 Å². The van der Waals surface area contributed by atoms with E-state index in [0.29, 0.717) is 11.5 Å². The lowest BCUT2D eigenvalue weighted by Crippen LogP contribution is -2.40. The van der Waals surface area contributed by atoms with E-state index >= 15 is 0 Å². The van der Waals surface area contributed by atoms with Gasteiger partial charge in [0.05, 0.1) is 20.3 Å². The third-order valence-corrected chi connectivity index (χ3v) is 5.26. The average Bonchev–Trinajstić information content (AvgIpc) is 2.62. The van der Waals surface area contributed by atoms with Crippen molar-refractivity contribution in [2.45, 2.75) is 32.7 Å². The number of ether oxygens (including phenoxy) is 2. The normalized spacial score (nSPS) is 17.9. The first-order valence-corrected chi connectivity index (χ1v) is 8.71. The van der Waals surface area contributed by atoms with Crippen LogP contribution < -0.4 is 14.8 Å². The molecular weight excluding hydrogens is 330 g/mol. The highest BCUT2D eigenvalue weighted by atomic mass is 16.5. The van der Waals surface area contributed by atoms with Gasteiger partial charge in [0, 0.05) is 5.56 Å². The van der Waals surface area contributed by atoms with Gasteiger partial charge in [0.2, 0.25) is 0 Å². The van der Waals surface area contributed by atoms with Gasteiger partial charge >= 0.3 is 6.09 Å². The number of fused-ring (bicyclic) bond motifs is 1. The van der Waals surface area contributed by atoms with E-state index in [-0.39, 0.29) is 11.5 Å². The number of para-hydroxylation sites is 1. The predicted octanol–water partition coefficient (Wildman–Crippen LogP) is 4.65. The Morgan fingerprint density at radius 1 is 1.19 bits per heavy atom. The van der Waals surface area contributed by atoms with Crippen molar-refractivity contribution >= 4 is 6.09 Å². The molecule has 1 unspecified atom stereocenters. The third-order valence-electron chi connectivity index (χ3n) is 5.26. The van der Waals surface area contributed by atoms with Crippen molar-refractivity contribution in [3.05, 3.63) is 47.5 Å². The number of hydrogen-bond donors (Lipinski definition) is 2. The summed E-state index contributed by atoms with van der Waals surface area (Å²) in [6.07, 6.45) is 0.846. The van der Waals surface area contributed by atoms with E-state index in [1.807, 2.05) is 30.3 Å². The number of amides is 1. The van der Waals surface area contributed by atoms with Gasteiger partial charge < -0.3 is 19.9 Å². The van der Waals surface area contributed by atoms with Crippen LogP contribution in [-0.4, -0.2) is 25.4 Å². The molecule has 0 aliphatic heterocycles. The topological polar surface area (TPSA) is 67.8 Å². The van der Waals surface area contributed by atoms with E-state index in [4.69, 9.17) is 9.47 Å². The highest BCUT2D eigenvalue weighted by Crippen LogP contribution is 2.45. The smallest absolute Gasteiger partial charge is 0.405 e.